The summed E-state index contributed by atoms with van der Waals surface area (Å²) in [5, 5.41) is 7.47. The van der Waals surface area contributed by atoms with Crippen molar-refractivity contribution in [1.82, 2.24) is 0 Å². The van der Waals surface area contributed by atoms with Gasteiger partial charge in [-0.1, -0.05) is 201 Å². The largest absolute Gasteiger partial charge is 0.309 e. The molecule has 2 nitrogen and oxygen atoms in total. The van der Waals surface area contributed by atoms with Crippen LogP contribution in [0.2, 0.25) is 0 Å². The van der Waals surface area contributed by atoms with Gasteiger partial charge in [0.25, 0.3) is 0 Å². The van der Waals surface area contributed by atoms with Crippen LogP contribution in [0.4, 0.5) is 34.1 Å². The summed E-state index contributed by atoms with van der Waals surface area (Å²) in [5.74, 6) is 0. The molecule has 1 aliphatic heterocycles. The van der Waals surface area contributed by atoms with Crippen LogP contribution in [0.5, 0.6) is 0 Å². The molecule has 3 aliphatic rings. The fourth-order valence-corrected chi connectivity index (χ4v) is 13.1. The molecule has 10 aromatic rings. The first-order chi connectivity index (χ1) is 33.4. The van der Waals surface area contributed by atoms with Gasteiger partial charge in [-0.15, -0.1) is 0 Å². The number of nitrogens with zero attached hydrogens (tertiary/aromatic N) is 2. The molecule has 0 saturated carbocycles. The third-order valence-electron chi connectivity index (χ3n) is 16.8. The van der Waals surface area contributed by atoms with Crippen molar-refractivity contribution in [3.8, 4) is 22.3 Å². The van der Waals surface area contributed by atoms with Crippen molar-refractivity contribution in [2.45, 2.75) is 84.5 Å². The fraction of sp³-hybridized carbons (Fsp3) is 0.194. The zero-order chi connectivity index (χ0) is 47.1. The van der Waals surface area contributed by atoms with E-state index in [2.05, 4.69) is 247 Å². The lowest BCUT2D eigenvalue weighted by Gasteiger charge is -2.43. The van der Waals surface area contributed by atoms with Crippen LogP contribution < -0.4 is 9.80 Å². The van der Waals surface area contributed by atoms with Crippen molar-refractivity contribution in [2.24, 2.45) is 0 Å². The molecule has 10 aromatic carbocycles. The Morgan fingerprint density at radius 1 is 0.319 bits per heavy atom. The fourth-order valence-electron chi connectivity index (χ4n) is 13.1. The van der Waals surface area contributed by atoms with Gasteiger partial charge in [-0.05, 0) is 138 Å². The molecule has 0 unspecified atom stereocenters. The summed E-state index contributed by atoms with van der Waals surface area (Å²) in [6.07, 6.45) is 1.84. The molecule has 2 heteroatoms. The molecule has 0 N–H and O–H groups in total. The van der Waals surface area contributed by atoms with Gasteiger partial charge in [-0.2, -0.15) is 0 Å². The number of para-hydroxylation sites is 2. The summed E-state index contributed by atoms with van der Waals surface area (Å²) >= 11 is 0. The van der Waals surface area contributed by atoms with E-state index < -0.39 is 0 Å². The number of fused-ring (bicyclic) bond motifs is 13. The number of hydrogen-bond acceptors (Lipinski definition) is 2. The van der Waals surface area contributed by atoms with Crippen LogP contribution in [-0.2, 0) is 29.1 Å². The second-order valence-electron chi connectivity index (χ2n) is 21.4. The van der Waals surface area contributed by atoms with Crippen molar-refractivity contribution in [3.63, 3.8) is 0 Å². The minimum atomic E-state index is -0.221. The van der Waals surface area contributed by atoms with E-state index in [1.54, 1.807) is 0 Å². The van der Waals surface area contributed by atoms with Crippen LogP contribution in [0.25, 0.3) is 54.6 Å². The van der Waals surface area contributed by atoms with E-state index in [-0.39, 0.29) is 16.2 Å². The van der Waals surface area contributed by atoms with Crippen molar-refractivity contribution in [1.29, 1.82) is 0 Å². The Labute approximate surface area is 407 Å². The lowest BCUT2D eigenvalue weighted by molar-refractivity contribution is 0.620. The number of anilines is 6. The van der Waals surface area contributed by atoms with Gasteiger partial charge >= 0.3 is 0 Å². The Balaban J connectivity index is 1.11. The van der Waals surface area contributed by atoms with E-state index in [4.69, 9.17) is 0 Å². The second-order valence-corrected chi connectivity index (χ2v) is 21.4. The maximum atomic E-state index is 2.62. The molecule has 69 heavy (non-hydrogen) atoms. The molecule has 13 rings (SSSR count). The second kappa shape index (κ2) is 14.8. The molecule has 1 heterocycles. The van der Waals surface area contributed by atoms with Gasteiger partial charge in [0.15, 0.2) is 0 Å². The van der Waals surface area contributed by atoms with E-state index in [9.17, 15) is 0 Å². The first-order valence-corrected chi connectivity index (χ1v) is 25.1. The zero-order valence-corrected chi connectivity index (χ0v) is 41.1. The summed E-state index contributed by atoms with van der Waals surface area (Å²) in [4.78, 5) is 5.23. The summed E-state index contributed by atoms with van der Waals surface area (Å²) < 4.78 is 0. The van der Waals surface area contributed by atoms with Crippen molar-refractivity contribution >= 4 is 66.4 Å². The summed E-state index contributed by atoms with van der Waals surface area (Å²) in [7, 11) is 0. The van der Waals surface area contributed by atoms with E-state index in [1.807, 2.05) is 0 Å². The van der Waals surface area contributed by atoms with Crippen molar-refractivity contribution < 1.29 is 0 Å². The highest BCUT2D eigenvalue weighted by atomic mass is 15.2. The van der Waals surface area contributed by atoms with Crippen LogP contribution in [0.1, 0.15) is 99.9 Å². The van der Waals surface area contributed by atoms with Crippen LogP contribution in [0.15, 0.2) is 182 Å². The topological polar surface area (TPSA) is 6.48 Å². The Morgan fingerprint density at radius 2 is 0.826 bits per heavy atom. The normalized spacial score (nSPS) is 15.4. The number of hydrogen-bond donors (Lipinski definition) is 0. The minimum absolute atomic E-state index is 0.0843. The Bertz CT molecular complexity index is 3810. The first-order valence-electron chi connectivity index (χ1n) is 25.1. The molecule has 0 atom stereocenters. The monoisotopic (exact) mass is 890 g/mol. The molecule has 2 aliphatic carbocycles. The standard InChI is InChI=1S/C67H58N2/c1-9-41-23-11-21-33-59(41)68(61-38-51-45-26-16-18-30-53(45)65(3,4)56(51)35-42(61)10-2)62-36-49-44-25-13-15-29-48(44)63(37-50(49)43-24-12-14-28-47(43)62)69-60-34-22-20-32-55(60)67(7,8)58-40-57-52(39-64(58)69)46-27-17-19-31-54(46)66(57,5)6/h11-40H,9-10H2,1-8H3. The average Bonchev–Trinajstić information content (AvgIpc) is 3.74. The van der Waals surface area contributed by atoms with Crippen LogP contribution in [0.3, 0.4) is 0 Å². The smallest absolute Gasteiger partial charge is 0.0546 e. The predicted octanol–water partition coefficient (Wildman–Crippen LogP) is 18.5. The van der Waals surface area contributed by atoms with Crippen LogP contribution >= 0.6 is 0 Å². The van der Waals surface area contributed by atoms with Gasteiger partial charge in [0.2, 0.25) is 0 Å². The maximum Gasteiger partial charge on any atom is 0.0546 e. The molecule has 0 amide bonds. The molecule has 0 fully saturated rings. The quantitative estimate of drug-likeness (QED) is 0.154. The maximum absolute atomic E-state index is 2.62. The summed E-state index contributed by atoms with van der Waals surface area (Å²) in [6, 6.07) is 69.8. The van der Waals surface area contributed by atoms with Gasteiger partial charge in [0.1, 0.15) is 0 Å². The molecule has 0 saturated heterocycles. The third kappa shape index (κ3) is 5.72. The van der Waals surface area contributed by atoms with Gasteiger partial charge in [-0.25, -0.2) is 0 Å². The van der Waals surface area contributed by atoms with E-state index in [0.717, 1.165) is 12.8 Å². The van der Waals surface area contributed by atoms with Crippen molar-refractivity contribution in [3.05, 3.63) is 226 Å². The first kappa shape index (κ1) is 41.7. The Kier molecular flexibility index (Phi) is 8.95. The molecular formula is C67H58N2. The molecule has 0 spiro atoms. The SMILES string of the molecule is CCc1ccccc1N(c1cc2c(cc1CC)C(C)(C)c1ccccc1-2)c1cc2c3ccccc3c(N3c4ccccc4C(C)(C)c4cc5c(cc43)-c3ccccc3C5(C)C)cc2c2ccccc12. The number of rotatable bonds is 6. The predicted molar refractivity (Wildman–Crippen MR) is 294 cm³/mol. The van der Waals surface area contributed by atoms with E-state index in [1.165, 1.54) is 133 Å². The zero-order valence-electron chi connectivity index (χ0n) is 41.1. The summed E-state index contributed by atoms with van der Waals surface area (Å²) in [5.41, 5.74) is 23.3. The molecule has 336 valence electrons. The van der Waals surface area contributed by atoms with Gasteiger partial charge in [0.05, 0.1) is 22.7 Å². The Hall–Kier alpha value is -7.42. The molecule has 0 bridgehead atoms. The van der Waals surface area contributed by atoms with Crippen molar-refractivity contribution in [2.75, 3.05) is 9.80 Å². The summed E-state index contributed by atoms with van der Waals surface area (Å²) in [6.45, 7) is 19.0. The van der Waals surface area contributed by atoms with Gasteiger partial charge in [0, 0.05) is 38.4 Å². The molecule has 0 radical (unpaired) electrons. The number of aryl methyl sites for hydroxylation is 2. The highest BCUT2D eigenvalue weighted by Crippen LogP contribution is 2.59. The average molecular weight is 891 g/mol. The lowest BCUT2D eigenvalue weighted by Crippen LogP contribution is -2.31. The van der Waals surface area contributed by atoms with Crippen LogP contribution in [0, 0.1) is 0 Å². The van der Waals surface area contributed by atoms with Gasteiger partial charge < -0.3 is 9.80 Å². The molecule has 0 aromatic heterocycles. The highest BCUT2D eigenvalue weighted by Gasteiger charge is 2.43. The number of benzene rings is 10. The van der Waals surface area contributed by atoms with E-state index in [0.29, 0.717) is 0 Å². The highest BCUT2D eigenvalue weighted by molar-refractivity contribution is 6.25. The Morgan fingerprint density at radius 3 is 1.51 bits per heavy atom. The van der Waals surface area contributed by atoms with Crippen LogP contribution in [-0.4, -0.2) is 0 Å². The van der Waals surface area contributed by atoms with E-state index >= 15 is 0 Å². The van der Waals surface area contributed by atoms with Gasteiger partial charge in [-0.3, -0.25) is 0 Å². The third-order valence-corrected chi connectivity index (χ3v) is 16.8. The molecular weight excluding hydrogens is 833 g/mol. The minimum Gasteiger partial charge on any atom is -0.309 e. The lowest BCUT2D eigenvalue weighted by atomic mass is 9.71.